The highest BCUT2D eigenvalue weighted by Crippen LogP contribution is 2.24. The Labute approximate surface area is 93.8 Å². The fourth-order valence-corrected chi connectivity index (χ4v) is 3.42. The molecule has 0 amide bonds. The Bertz CT molecular complexity index is 310. The quantitative estimate of drug-likeness (QED) is 0.565. The minimum Gasteiger partial charge on any atom is -0.294 e. The van der Waals surface area contributed by atoms with E-state index in [1.54, 1.807) is 6.92 Å². The van der Waals surface area contributed by atoms with E-state index in [1.807, 2.05) is 19.1 Å². The lowest BCUT2D eigenvalue weighted by Crippen LogP contribution is -1.98. The second-order valence-corrected chi connectivity index (χ2v) is 4.68. The zero-order valence-electron chi connectivity index (χ0n) is 6.82. The number of Topliss-reactive ketones (excluding diaryl/α,β-unsaturated/α-hetero) is 1. The molecule has 0 aromatic heterocycles. The highest BCUT2D eigenvalue weighted by molar-refractivity contribution is 14.1. The molecule has 0 unspecified atom stereocenters. The maximum atomic E-state index is 11.2. The molecule has 0 N–H and O–H groups in total. The zero-order chi connectivity index (χ0) is 9.30. The molecule has 1 nitrogen and oxygen atoms in total. The van der Waals surface area contributed by atoms with E-state index in [0.29, 0.717) is 0 Å². The molecule has 3 heteroatoms. The molecular formula is C9H8BrIO. The Morgan fingerprint density at radius 3 is 2.50 bits per heavy atom. The number of hydrogen-bond donors (Lipinski definition) is 0. The number of carbonyl (C=O) groups is 1. The third-order valence-corrected chi connectivity index (χ3v) is 3.01. The molecule has 0 radical (unpaired) electrons. The lowest BCUT2D eigenvalue weighted by Gasteiger charge is -2.04. The van der Waals surface area contributed by atoms with Gasteiger partial charge in [-0.2, -0.15) is 0 Å². The van der Waals surface area contributed by atoms with Crippen LogP contribution >= 0.6 is 38.5 Å². The van der Waals surface area contributed by atoms with Gasteiger partial charge < -0.3 is 0 Å². The molecule has 12 heavy (non-hydrogen) atoms. The molecule has 0 saturated carbocycles. The first kappa shape index (κ1) is 10.2. The van der Waals surface area contributed by atoms with E-state index in [9.17, 15) is 4.79 Å². The summed E-state index contributed by atoms with van der Waals surface area (Å²) in [6, 6.07) is 3.96. The highest BCUT2D eigenvalue weighted by Gasteiger charge is 2.09. The van der Waals surface area contributed by atoms with Gasteiger partial charge in [-0.15, -0.1) is 0 Å². The van der Waals surface area contributed by atoms with Gasteiger partial charge >= 0.3 is 0 Å². The van der Waals surface area contributed by atoms with Crippen LogP contribution in [0.5, 0.6) is 0 Å². The predicted molar refractivity (Wildman–Crippen MR) is 61.6 cm³/mol. The Morgan fingerprint density at radius 2 is 2.08 bits per heavy atom. The van der Waals surface area contributed by atoms with E-state index < -0.39 is 0 Å². The molecular weight excluding hydrogens is 331 g/mol. The summed E-state index contributed by atoms with van der Waals surface area (Å²) in [6.07, 6.45) is 0. The largest absolute Gasteiger partial charge is 0.294 e. The van der Waals surface area contributed by atoms with E-state index >= 15 is 0 Å². The fraction of sp³-hybridized carbons (Fsp3) is 0.222. The van der Waals surface area contributed by atoms with Crippen molar-refractivity contribution in [2.24, 2.45) is 0 Å². The van der Waals surface area contributed by atoms with Crippen LogP contribution < -0.4 is 0 Å². The monoisotopic (exact) mass is 338 g/mol. The topological polar surface area (TPSA) is 17.1 Å². The summed E-state index contributed by atoms with van der Waals surface area (Å²) in [7, 11) is 0. The van der Waals surface area contributed by atoms with E-state index in [2.05, 4.69) is 38.5 Å². The van der Waals surface area contributed by atoms with Crippen LogP contribution in [0.4, 0.5) is 0 Å². The molecule has 0 aliphatic heterocycles. The summed E-state index contributed by atoms with van der Waals surface area (Å²) in [5.74, 6) is 0.103. The van der Waals surface area contributed by atoms with Crippen LogP contribution in [0.3, 0.4) is 0 Å². The van der Waals surface area contributed by atoms with Gasteiger partial charge in [0.05, 0.1) is 0 Å². The zero-order valence-corrected chi connectivity index (χ0v) is 10.6. The molecule has 1 aromatic rings. The molecule has 0 saturated heterocycles. The third kappa shape index (κ3) is 2.07. The van der Waals surface area contributed by atoms with Crippen molar-refractivity contribution < 1.29 is 4.79 Å². The smallest absolute Gasteiger partial charge is 0.162 e. The molecule has 1 aromatic carbocycles. The van der Waals surface area contributed by atoms with Crippen molar-refractivity contribution in [1.29, 1.82) is 0 Å². The first-order chi connectivity index (χ1) is 5.52. The number of rotatable bonds is 1. The van der Waals surface area contributed by atoms with Gasteiger partial charge in [0, 0.05) is 13.6 Å². The Morgan fingerprint density at radius 1 is 1.50 bits per heavy atom. The van der Waals surface area contributed by atoms with Crippen LogP contribution in [0.15, 0.2) is 16.6 Å². The molecule has 0 heterocycles. The molecule has 64 valence electrons. The number of ketones is 1. The number of carbonyl (C=O) groups excluding carboxylic acids is 1. The SMILES string of the molecule is CC(=O)c1c(Br)cc(C)cc1I. The van der Waals surface area contributed by atoms with Gasteiger partial charge in [-0.3, -0.25) is 4.79 Å². The summed E-state index contributed by atoms with van der Waals surface area (Å²) < 4.78 is 1.89. The maximum absolute atomic E-state index is 11.2. The summed E-state index contributed by atoms with van der Waals surface area (Å²) in [5.41, 5.74) is 1.94. The van der Waals surface area contributed by atoms with Gasteiger partial charge in [0.1, 0.15) is 0 Å². The van der Waals surface area contributed by atoms with E-state index in [-0.39, 0.29) is 5.78 Å². The van der Waals surface area contributed by atoms with Gasteiger partial charge in [-0.05, 0) is 70.1 Å². The van der Waals surface area contributed by atoms with Crippen molar-refractivity contribution >= 4 is 44.3 Å². The van der Waals surface area contributed by atoms with Crippen molar-refractivity contribution in [3.05, 3.63) is 31.3 Å². The molecule has 1 rings (SSSR count). The molecule has 0 atom stereocenters. The van der Waals surface area contributed by atoms with Crippen molar-refractivity contribution in [2.45, 2.75) is 13.8 Å². The second-order valence-electron chi connectivity index (χ2n) is 2.66. The van der Waals surface area contributed by atoms with Crippen LogP contribution in [0.1, 0.15) is 22.8 Å². The van der Waals surface area contributed by atoms with Crippen molar-refractivity contribution in [1.82, 2.24) is 0 Å². The van der Waals surface area contributed by atoms with Crippen molar-refractivity contribution in [3.8, 4) is 0 Å². The van der Waals surface area contributed by atoms with E-state index in [4.69, 9.17) is 0 Å². The summed E-state index contributed by atoms with van der Waals surface area (Å²) in [6.45, 7) is 3.59. The molecule has 0 aliphatic carbocycles. The van der Waals surface area contributed by atoms with Crippen LogP contribution in [0.2, 0.25) is 0 Å². The maximum Gasteiger partial charge on any atom is 0.162 e. The number of hydrogen-bond acceptors (Lipinski definition) is 1. The highest BCUT2D eigenvalue weighted by atomic mass is 127. The van der Waals surface area contributed by atoms with Gasteiger partial charge in [0.25, 0.3) is 0 Å². The molecule has 0 aliphatic rings. The summed E-state index contributed by atoms with van der Waals surface area (Å²) >= 11 is 5.55. The van der Waals surface area contributed by atoms with Gasteiger partial charge in [-0.1, -0.05) is 0 Å². The fourth-order valence-electron chi connectivity index (χ4n) is 1.04. The first-order valence-corrected chi connectivity index (χ1v) is 5.36. The van der Waals surface area contributed by atoms with Gasteiger partial charge in [-0.25, -0.2) is 0 Å². The van der Waals surface area contributed by atoms with Gasteiger partial charge in [0.2, 0.25) is 0 Å². The Balaban J connectivity index is 3.38. The van der Waals surface area contributed by atoms with Gasteiger partial charge in [0.15, 0.2) is 5.78 Å². The van der Waals surface area contributed by atoms with Crippen LogP contribution in [0, 0.1) is 10.5 Å². The Hall–Kier alpha value is 0.1000. The minimum absolute atomic E-state index is 0.103. The lowest BCUT2D eigenvalue weighted by molar-refractivity contribution is 0.101. The van der Waals surface area contributed by atoms with E-state index in [1.165, 1.54) is 0 Å². The number of benzene rings is 1. The Kier molecular flexibility index (Phi) is 3.29. The van der Waals surface area contributed by atoms with Crippen LogP contribution in [0.25, 0.3) is 0 Å². The molecule has 0 bridgehead atoms. The second kappa shape index (κ2) is 3.87. The van der Waals surface area contributed by atoms with Crippen molar-refractivity contribution in [3.63, 3.8) is 0 Å². The number of aryl methyl sites for hydroxylation is 1. The average molecular weight is 339 g/mol. The number of halogens is 2. The predicted octanol–water partition coefficient (Wildman–Crippen LogP) is 3.56. The van der Waals surface area contributed by atoms with E-state index in [0.717, 1.165) is 19.2 Å². The third-order valence-electron chi connectivity index (χ3n) is 1.54. The minimum atomic E-state index is 0.103. The van der Waals surface area contributed by atoms with Crippen LogP contribution in [-0.2, 0) is 0 Å². The van der Waals surface area contributed by atoms with Crippen LogP contribution in [-0.4, -0.2) is 5.78 Å². The van der Waals surface area contributed by atoms with Crippen molar-refractivity contribution in [2.75, 3.05) is 0 Å². The normalized spacial score (nSPS) is 10.0. The first-order valence-electron chi connectivity index (χ1n) is 3.49. The summed E-state index contributed by atoms with van der Waals surface area (Å²) in [4.78, 5) is 11.2. The standard InChI is InChI=1S/C9H8BrIO/c1-5-3-7(10)9(6(2)12)8(11)4-5/h3-4H,1-2H3. The average Bonchev–Trinajstić information content (AvgIpc) is 1.82. The molecule has 0 spiro atoms. The molecule has 0 fully saturated rings. The lowest BCUT2D eigenvalue weighted by atomic mass is 10.1. The summed E-state index contributed by atoms with van der Waals surface area (Å²) in [5, 5.41) is 0.